The van der Waals surface area contributed by atoms with Crippen molar-refractivity contribution >= 4 is 41.5 Å². The molecule has 2 aliphatic rings. The predicted molar refractivity (Wildman–Crippen MR) is 115 cm³/mol. The zero-order valence-corrected chi connectivity index (χ0v) is 17.8. The van der Waals surface area contributed by atoms with E-state index in [4.69, 9.17) is 11.6 Å². The third kappa shape index (κ3) is 6.08. The number of rotatable bonds is 6. The lowest BCUT2D eigenvalue weighted by atomic mass is 9.96. The van der Waals surface area contributed by atoms with Gasteiger partial charge in [0.2, 0.25) is 11.8 Å². The Morgan fingerprint density at radius 3 is 2.79 bits per heavy atom. The number of nitrogens with one attached hydrogen (secondary N) is 3. The molecule has 2 saturated heterocycles. The number of likely N-dealkylation sites (tertiary alicyclic amines) is 1. The first-order valence-corrected chi connectivity index (χ1v) is 10.2. The number of amides is 2. The molecule has 3 unspecified atom stereocenters. The van der Waals surface area contributed by atoms with Gasteiger partial charge in [-0.25, -0.2) is 0 Å². The van der Waals surface area contributed by atoms with E-state index in [0.717, 1.165) is 45.3 Å². The van der Waals surface area contributed by atoms with Crippen LogP contribution in [0.25, 0.3) is 0 Å². The van der Waals surface area contributed by atoms with Crippen molar-refractivity contribution in [1.29, 1.82) is 0 Å². The second-order valence-electron chi connectivity index (χ2n) is 7.54. The molecule has 0 aromatic heterocycles. The number of hydrogen-bond acceptors (Lipinski definition) is 4. The van der Waals surface area contributed by atoms with E-state index in [1.54, 1.807) is 12.1 Å². The fourth-order valence-electron chi connectivity index (χ4n) is 3.86. The number of carbonyl (C=O) groups excluding carboxylic acids is 2. The minimum atomic E-state index is -0.240. The highest BCUT2D eigenvalue weighted by Gasteiger charge is 2.29. The predicted octanol–water partition coefficient (Wildman–Crippen LogP) is 2.67. The summed E-state index contributed by atoms with van der Waals surface area (Å²) in [5.41, 5.74) is 0.640. The molecule has 2 heterocycles. The van der Waals surface area contributed by atoms with Crippen LogP contribution in [0.2, 0.25) is 5.02 Å². The normalized spacial score (nSPS) is 23.5. The highest BCUT2D eigenvalue weighted by Crippen LogP contribution is 2.22. The van der Waals surface area contributed by atoms with E-state index in [2.05, 4.69) is 20.9 Å². The van der Waals surface area contributed by atoms with Crippen LogP contribution in [0.3, 0.4) is 0 Å². The number of carbonyl (C=O) groups is 2. The molecule has 2 fully saturated rings. The van der Waals surface area contributed by atoms with Crippen molar-refractivity contribution in [2.45, 2.75) is 44.7 Å². The number of hydrogen-bond donors (Lipinski definition) is 3. The van der Waals surface area contributed by atoms with E-state index in [1.807, 2.05) is 19.1 Å². The summed E-state index contributed by atoms with van der Waals surface area (Å²) in [6, 6.07) is 6.98. The molecule has 1 aromatic rings. The van der Waals surface area contributed by atoms with Crippen LogP contribution >= 0.6 is 24.0 Å². The Bertz CT molecular complexity index is 667. The number of para-hydroxylation sites is 1. The Labute approximate surface area is 178 Å². The van der Waals surface area contributed by atoms with Gasteiger partial charge in [0.15, 0.2) is 0 Å². The molecule has 6 nitrogen and oxygen atoms in total. The smallest absolute Gasteiger partial charge is 0.241 e. The molecular formula is C20H30Cl2N4O2. The van der Waals surface area contributed by atoms with Crippen LogP contribution in [-0.4, -0.2) is 55.0 Å². The van der Waals surface area contributed by atoms with Crippen LogP contribution in [0, 0.1) is 5.92 Å². The third-order valence-corrected chi connectivity index (χ3v) is 5.88. The summed E-state index contributed by atoms with van der Waals surface area (Å²) in [7, 11) is 0. The summed E-state index contributed by atoms with van der Waals surface area (Å²) in [5, 5.41) is 9.77. The van der Waals surface area contributed by atoms with Crippen molar-refractivity contribution in [2.24, 2.45) is 5.92 Å². The Balaban J connectivity index is 0.00000280. The highest BCUT2D eigenvalue weighted by atomic mass is 35.5. The van der Waals surface area contributed by atoms with Crippen LogP contribution in [-0.2, 0) is 9.59 Å². The third-order valence-electron chi connectivity index (χ3n) is 5.55. The maximum atomic E-state index is 12.6. The monoisotopic (exact) mass is 428 g/mol. The fraction of sp³-hybridized carbons (Fsp3) is 0.600. The molecule has 3 rings (SSSR count). The molecule has 0 aliphatic carbocycles. The summed E-state index contributed by atoms with van der Waals surface area (Å²) in [5.74, 6) is 0.428. The average molecular weight is 429 g/mol. The fourth-order valence-corrected chi connectivity index (χ4v) is 4.04. The number of halogens is 2. The molecule has 0 radical (unpaired) electrons. The summed E-state index contributed by atoms with van der Waals surface area (Å²) in [4.78, 5) is 27.0. The molecule has 156 valence electrons. The molecule has 3 N–H and O–H groups in total. The molecule has 0 bridgehead atoms. The van der Waals surface area contributed by atoms with Crippen LogP contribution in [0.1, 0.15) is 32.6 Å². The zero-order chi connectivity index (χ0) is 19.2. The van der Waals surface area contributed by atoms with Gasteiger partial charge in [-0.2, -0.15) is 0 Å². The van der Waals surface area contributed by atoms with E-state index < -0.39 is 0 Å². The lowest BCUT2D eigenvalue weighted by Gasteiger charge is -2.36. The number of nitrogens with zero attached hydrogens (tertiary/aromatic N) is 1. The van der Waals surface area contributed by atoms with E-state index in [-0.39, 0.29) is 36.3 Å². The molecule has 8 heteroatoms. The van der Waals surface area contributed by atoms with Gasteiger partial charge in [0.05, 0.1) is 22.8 Å². The van der Waals surface area contributed by atoms with Gasteiger partial charge in [-0.3, -0.25) is 14.5 Å². The molecular weight excluding hydrogens is 399 g/mol. The van der Waals surface area contributed by atoms with Gasteiger partial charge in [0, 0.05) is 13.1 Å². The second kappa shape index (κ2) is 11.0. The van der Waals surface area contributed by atoms with Gasteiger partial charge in [0.25, 0.3) is 0 Å². The van der Waals surface area contributed by atoms with Gasteiger partial charge in [-0.1, -0.05) is 23.7 Å². The van der Waals surface area contributed by atoms with Crippen LogP contribution in [0.4, 0.5) is 5.69 Å². The quantitative estimate of drug-likeness (QED) is 0.650. The first-order valence-electron chi connectivity index (χ1n) is 9.85. The minimum Gasteiger partial charge on any atom is -0.354 e. The molecule has 3 atom stereocenters. The molecule has 0 saturated carbocycles. The van der Waals surface area contributed by atoms with E-state index >= 15 is 0 Å². The van der Waals surface area contributed by atoms with Crippen LogP contribution < -0.4 is 16.0 Å². The van der Waals surface area contributed by atoms with Crippen molar-refractivity contribution in [1.82, 2.24) is 15.5 Å². The summed E-state index contributed by atoms with van der Waals surface area (Å²) in [6.07, 6.45) is 4.09. The number of benzene rings is 1. The van der Waals surface area contributed by atoms with Gasteiger partial charge in [-0.05, 0) is 63.7 Å². The number of piperidine rings is 1. The Morgan fingerprint density at radius 1 is 1.29 bits per heavy atom. The van der Waals surface area contributed by atoms with Crippen molar-refractivity contribution in [2.75, 3.05) is 31.5 Å². The van der Waals surface area contributed by atoms with Crippen molar-refractivity contribution in [3.05, 3.63) is 29.3 Å². The Morgan fingerprint density at radius 2 is 2.07 bits per heavy atom. The number of anilines is 1. The standard InChI is InChI=1S/C20H29ClN4O2.ClH/c1-14(19(26)24-17-8-3-2-7-16(17)21)25-11-5-6-15(13-25)12-23-20(27)18-9-4-10-22-18;/h2-3,7-8,14-15,18,22H,4-6,9-13H2,1H3,(H,23,27)(H,24,26);1H. The van der Waals surface area contributed by atoms with E-state index in [9.17, 15) is 9.59 Å². The summed E-state index contributed by atoms with van der Waals surface area (Å²) >= 11 is 6.13. The first-order chi connectivity index (χ1) is 13.0. The lowest BCUT2D eigenvalue weighted by molar-refractivity contribution is -0.124. The second-order valence-corrected chi connectivity index (χ2v) is 7.95. The van der Waals surface area contributed by atoms with E-state index in [1.165, 1.54) is 0 Å². The van der Waals surface area contributed by atoms with E-state index in [0.29, 0.717) is 23.2 Å². The van der Waals surface area contributed by atoms with Crippen LogP contribution in [0.5, 0.6) is 0 Å². The van der Waals surface area contributed by atoms with Gasteiger partial charge < -0.3 is 16.0 Å². The maximum Gasteiger partial charge on any atom is 0.241 e. The first kappa shape index (κ1) is 22.9. The van der Waals surface area contributed by atoms with Crippen molar-refractivity contribution in [3.8, 4) is 0 Å². The van der Waals surface area contributed by atoms with Crippen molar-refractivity contribution < 1.29 is 9.59 Å². The Kier molecular flexibility index (Phi) is 9.02. The van der Waals surface area contributed by atoms with Crippen molar-refractivity contribution in [3.63, 3.8) is 0 Å². The maximum absolute atomic E-state index is 12.6. The zero-order valence-electron chi connectivity index (χ0n) is 16.2. The lowest BCUT2D eigenvalue weighted by Crippen LogP contribution is -2.50. The minimum absolute atomic E-state index is 0. The van der Waals surface area contributed by atoms with Gasteiger partial charge in [-0.15, -0.1) is 12.4 Å². The van der Waals surface area contributed by atoms with Crippen LogP contribution in [0.15, 0.2) is 24.3 Å². The summed E-state index contributed by atoms with van der Waals surface area (Å²) in [6.45, 7) is 5.23. The molecule has 28 heavy (non-hydrogen) atoms. The SMILES string of the molecule is CC(C(=O)Nc1ccccc1Cl)N1CCCC(CNC(=O)C2CCCN2)C1.Cl. The topological polar surface area (TPSA) is 73.5 Å². The molecule has 0 spiro atoms. The van der Waals surface area contributed by atoms with Gasteiger partial charge in [0.1, 0.15) is 0 Å². The summed E-state index contributed by atoms with van der Waals surface area (Å²) < 4.78 is 0. The Hall–Kier alpha value is -1.34. The molecule has 2 amide bonds. The molecule has 2 aliphatic heterocycles. The largest absolute Gasteiger partial charge is 0.354 e. The van der Waals surface area contributed by atoms with Gasteiger partial charge >= 0.3 is 0 Å². The molecule has 1 aromatic carbocycles. The highest BCUT2D eigenvalue weighted by molar-refractivity contribution is 6.33. The average Bonchev–Trinajstić information content (AvgIpc) is 3.22.